The van der Waals surface area contributed by atoms with Crippen LogP contribution in [-0.2, 0) is 11.3 Å². The summed E-state index contributed by atoms with van der Waals surface area (Å²) in [5.74, 6) is 0.555. The first-order valence-corrected chi connectivity index (χ1v) is 14.9. The highest BCUT2D eigenvalue weighted by molar-refractivity contribution is 8.23. The molecule has 1 fully saturated rings. The van der Waals surface area contributed by atoms with Crippen molar-refractivity contribution in [3.63, 3.8) is 0 Å². The highest BCUT2D eigenvalue weighted by Gasteiger charge is 2.51. The largest absolute Gasteiger partial charge is 1.00 e. The summed E-state index contributed by atoms with van der Waals surface area (Å²) in [4.78, 5) is 16.9. The van der Waals surface area contributed by atoms with Crippen molar-refractivity contribution in [1.29, 1.82) is 0 Å². The Balaban J connectivity index is 0.00000220. The lowest BCUT2D eigenvalue weighted by Crippen LogP contribution is -3.00. The van der Waals surface area contributed by atoms with Crippen molar-refractivity contribution >= 4 is 78.8 Å². The van der Waals surface area contributed by atoms with E-state index in [1.54, 1.807) is 0 Å². The minimum absolute atomic E-state index is 0. The van der Waals surface area contributed by atoms with E-state index >= 15 is 0 Å². The third-order valence-corrected chi connectivity index (χ3v) is 11.4. The van der Waals surface area contributed by atoms with Crippen LogP contribution in [0.5, 0.6) is 0 Å². The number of thiocarbonyl (C=S) groups is 1. The first kappa shape index (κ1) is 23.7. The van der Waals surface area contributed by atoms with E-state index in [0.717, 1.165) is 25.9 Å². The molecule has 5 nitrogen and oxygen atoms in total. The Labute approximate surface area is 244 Å². The van der Waals surface area contributed by atoms with E-state index in [0.29, 0.717) is 10.1 Å². The van der Waals surface area contributed by atoms with Crippen molar-refractivity contribution in [2.45, 2.75) is 36.4 Å². The summed E-state index contributed by atoms with van der Waals surface area (Å²) in [5.41, 5.74) is 5.24. The summed E-state index contributed by atoms with van der Waals surface area (Å²) in [6.45, 7) is 1.90. The highest BCUT2D eigenvalue weighted by Crippen LogP contribution is 2.53. The number of amides is 1. The molecule has 1 amide bonds. The SMILES string of the molecule is O=C1CSC(=S)N1N1C2CC[n+]3c(sc4ccccc43)C2=CC2=C3Sc4ccccc4N3CCC21.[I-]. The summed E-state index contributed by atoms with van der Waals surface area (Å²) < 4.78 is 4.48. The number of rotatable bonds is 1. The topological polar surface area (TPSA) is 30.7 Å². The van der Waals surface area contributed by atoms with E-state index < -0.39 is 0 Å². The number of carbonyl (C=O) groups is 1. The number of aromatic nitrogens is 1. The third kappa shape index (κ3) is 3.27. The maximum atomic E-state index is 13.1. The van der Waals surface area contributed by atoms with Gasteiger partial charge in [-0.1, -0.05) is 71.3 Å². The van der Waals surface area contributed by atoms with Crippen LogP contribution in [0.4, 0.5) is 5.69 Å². The molecule has 2 aromatic carbocycles. The van der Waals surface area contributed by atoms with E-state index in [9.17, 15) is 4.79 Å². The van der Waals surface area contributed by atoms with Crippen LogP contribution in [0.2, 0.25) is 0 Å². The first-order chi connectivity index (χ1) is 17.2. The van der Waals surface area contributed by atoms with Crippen molar-refractivity contribution in [2.75, 3.05) is 17.2 Å². The average Bonchev–Trinajstić information content (AvgIpc) is 3.55. The second-order valence-corrected chi connectivity index (χ2v) is 13.0. The second kappa shape index (κ2) is 8.81. The molecule has 0 bridgehead atoms. The Hall–Kier alpha value is -1.44. The number of hydrogen-bond acceptors (Lipinski definition) is 7. The molecule has 3 aromatic rings. The fourth-order valence-electron chi connectivity index (χ4n) is 6.14. The Kier molecular flexibility index (Phi) is 5.79. The summed E-state index contributed by atoms with van der Waals surface area (Å²) in [7, 11) is 0. The molecule has 0 radical (unpaired) electrons. The van der Waals surface area contributed by atoms with Gasteiger partial charge in [-0.3, -0.25) is 4.79 Å². The summed E-state index contributed by atoms with van der Waals surface area (Å²) in [6.07, 6.45) is 4.40. The number of thiazole rings is 1. The van der Waals surface area contributed by atoms with E-state index in [1.807, 2.05) is 28.1 Å². The van der Waals surface area contributed by atoms with Crippen LogP contribution in [0.25, 0.3) is 15.8 Å². The Morgan fingerprint density at radius 1 is 1.03 bits per heavy atom. The number of nitrogens with zero attached hydrogens (tertiary/aromatic N) is 4. The van der Waals surface area contributed by atoms with Gasteiger partial charge in [0.15, 0.2) is 10.9 Å². The van der Waals surface area contributed by atoms with Gasteiger partial charge in [0.25, 0.3) is 10.9 Å². The van der Waals surface area contributed by atoms with E-state index in [1.165, 1.54) is 53.7 Å². The number of halogens is 1. The van der Waals surface area contributed by atoms with Crippen molar-refractivity contribution in [1.82, 2.24) is 10.0 Å². The van der Waals surface area contributed by atoms with Gasteiger partial charge < -0.3 is 28.9 Å². The fourth-order valence-corrected chi connectivity index (χ4v) is 9.70. The predicted molar refractivity (Wildman–Crippen MR) is 147 cm³/mol. The van der Waals surface area contributed by atoms with Crippen LogP contribution in [0, 0.1) is 0 Å². The lowest BCUT2D eigenvalue weighted by molar-refractivity contribution is -0.673. The Morgan fingerprint density at radius 3 is 2.72 bits per heavy atom. The van der Waals surface area contributed by atoms with Crippen LogP contribution in [0.1, 0.15) is 17.8 Å². The molecular weight excluding hydrogens is 639 g/mol. The number of para-hydroxylation sites is 2. The summed E-state index contributed by atoms with van der Waals surface area (Å²) >= 11 is 11.0. The molecule has 0 spiro atoms. The maximum Gasteiger partial charge on any atom is 0.267 e. The lowest BCUT2D eigenvalue weighted by Gasteiger charge is -2.49. The lowest BCUT2D eigenvalue weighted by atomic mass is 9.86. The number of aryl methyl sites for hydroxylation is 1. The predicted octanol–water partition coefficient (Wildman–Crippen LogP) is 2.04. The molecule has 2 atom stereocenters. The van der Waals surface area contributed by atoms with Gasteiger partial charge in [0.05, 0.1) is 34.1 Å². The number of thioether (sulfide) groups is 2. The Bertz CT molecular complexity index is 1520. The maximum absolute atomic E-state index is 13.1. The monoisotopic (exact) mass is 660 g/mol. The van der Waals surface area contributed by atoms with Gasteiger partial charge in [0.1, 0.15) is 4.70 Å². The van der Waals surface area contributed by atoms with E-state index in [-0.39, 0.29) is 42.0 Å². The quantitative estimate of drug-likeness (QED) is 0.226. The standard InChI is InChI=1S/C26H21N4OS4.HI/c31-23-14-33-26(32)30(23)29-17-9-11-27-19-5-1-3-7-21(19)34-24(27)15(17)13-16-18(29)10-12-28-20-6-2-4-8-22(20)35-25(16)28;/h1-8,13,17-18H,9-12,14H2;1H/q+1;/p-1. The molecule has 0 saturated carbocycles. The molecule has 6 heterocycles. The molecule has 1 aromatic heterocycles. The third-order valence-electron chi connectivity index (χ3n) is 7.59. The Morgan fingerprint density at radius 2 is 1.86 bits per heavy atom. The molecule has 0 aliphatic carbocycles. The first-order valence-electron chi connectivity index (χ1n) is 11.9. The molecule has 1 saturated heterocycles. The molecule has 182 valence electrons. The summed E-state index contributed by atoms with van der Waals surface area (Å²) in [5, 5.41) is 6.84. The molecule has 5 aliphatic rings. The average molecular weight is 661 g/mol. The minimum Gasteiger partial charge on any atom is -1.00 e. The zero-order chi connectivity index (χ0) is 23.3. The van der Waals surface area contributed by atoms with Crippen LogP contribution >= 0.6 is 47.1 Å². The van der Waals surface area contributed by atoms with Crippen LogP contribution in [0.3, 0.4) is 0 Å². The molecule has 8 rings (SSSR count). The van der Waals surface area contributed by atoms with Crippen LogP contribution in [-0.4, -0.2) is 44.6 Å². The van der Waals surface area contributed by atoms with Crippen molar-refractivity contribution < 1.29 is 33.3 Å². The van der Waals surface area contributed by atoms with Crippen LogP contribution < -0.4 is 33.4 Å². The van der Waals surface area contributed by atoms with Crippen molar-refractivity contribution in [2.24, 2.45) is 0 Å². The van der Waals surface area contributed by atoms with E-state index in [2.05, 4.69) is 69.1 Å². The van der Waals surface area contributed by atoms with Crippen LogP contribution in [0.15, 0.2) is 70.1 Å². The molecule has 2 unspecified atom stereocenters. The molecule has 10 heteroatoms. The number of anilines is 1. The molecule has 5 aliphatic heterocycles. The van der Waals surface area contributed by atoms with E-state index in [4.69, 9.17) is 12.2 Å². The number of carbonyl (C=O) groups excluding carboxylic acids is 1. The van der Waals surface area contributed by atoms with Gasteiger partial charge in [-0.2, -0.15) is 9.58 Å². The van der Waals surface area contributed by atoms with Gasteiger partial charge in [-0.15, -0.1) is 0 Å². The zero-order valence-electron chi connectivity index (χ0n) is 19.1. The molecular formula is C26H21IN4OS4. The van der Waals surface area contributed by atoms with Gasteiger partial charge in [-0.05, 0) is 30.7 Å². The minimum atomic E-state index is 0. The molecule has 36 heavy (non-hydrogen) atoms. The van der Waals surface area contributed by atoms with Gasteiger partial charge in [0, 0.05) is 29.5 Å². The highest BCUT2D eigenvalue weighted by atomic mass is 127. The van der Waals surface area contributed by atoms with Gasteiger partial charge in [-0.25, -0.2) is 5.01 Å². The zero-order valence-corrected chi connectivity index (χ0v) is 24.5. The van der Waals surface area contributed by atoms with Gasteiger partial charge >= 0.3 is 0 Å². The van der Waals surface area contributed by atoms with Crippen molar-refractivity contribution in [3.8, 4) is 0 Å². The van der Waals surface area contributed by atoms with Crippen molar-refractivity contribution in [3.05, 3.63) is 70.2 Å². The number of fused-ring (bicyclic) bond motifs is 9. The van der Waals surface area contributed by atoms with Gasteiger partial charge in [0.2, 0.25) is 5.52 Å². The second-order valence-electron chi connectivity index (χ2n) is 9.36. The number of benzene rings is 2. The number of hydrogen-bond donors (Lipinski definition) is 0. The fraction of sp³-hybridized carbons (Fsp3) is 0.269. The molecule has 0 N–H and O–H groups in total. The number of hydrazine groups is 1. The summed E-state index contributed by atoms with van der Waals surface area (Å²) in [6, 6.07) is 17.7. The smallest absolute Gasteiger partial charge is 0.267 e. The normalized spacial score (nSPS) is 24.7.